The number of ether oxygens (including phenoxy) is 1. The molecule has 0 amide bonds. The van der Waals surface area contributed by atoms with Crippen LogP contribution in [-0.2, 0) is 20.0 Å². The number of pyridine rings is 1. The van der Waals surface area contributed by atoms with Crippen LogP contribution in [0.2, 0.25) is 5.02 Å². The molecule has 4 rings (SSSR count). The summed E-state index contributed by atoms with van der Waals surface area (Å²) in [5.74, 6) is 1.87. The lowest BCUT2D eigenvalue weighted by Crippen LogP contribution is -2.08. The number of methoxy groups -OCH3 is 1. The third-order valence-corrected chi connectivity index (χ3v) is 6.00. The molecule has 0 N–H and O–H groups in total. The number of fused-ring (bicyclic) bond motifs is 2. The minimum atomic E-state index is 0.730. The molecular formula is C22H22ClN3OS. The van der Waals surface area contributed by atoms with Crippen LogP contribution < -0.4 is 4.74 Å². The molecule has 0 aromatic heterocycles. The van der Waals surface area contributed by atoms with Gasteiger partial charge in [0.1, 0.15) is 5.75 Å². The van der Waals surface area contributed by atoms with Crippen molar-refractivity contribution in [3.63, 3.8) is 0 Å². The second-order valence-corrected chi connectivity index (χ2v) is 8.28. The molecule has 2 aromatic carbocycles. The zero-order chi connectivity index (χ0) is 19.5. The van der Waals surface area contributed by atoms with Crippen molar-refractivity contribution in [2.45, 2.75) is 19.4 Å². The van der Waals surface area contributed by atoms with Gasteiger partial charge in [-0.3, -0.25) is 3.96 Å². The highest BCUT2D eigenvalue weighted by Gasteiger charge is 2.11. The molecule has 0 fully saturated rings. The predicted octanol–water partition coefficient (Wildman–Crippen LogP) is 5.96. The number of hydrogen-bond acceptors (Lipinski definition) is 3. The number of benzene rings is 2. The van der Waals surface area contributed by atoms with Gasteiger partial charge >= 0.3 is 0 Å². The fraction of sp³-hybridized carbons (Fsp3) is 0.227. The minimum absolute atomic E-state index is 0.730. The van der Waals surface area contributed by atoms with Crippen LogP contribution in [0.15, 0.2) is 60.8 Å². The van der Waals surface area contributed by atoms with Crippen LogP contribution >= 0.6 is 23.1 Å². The minimum Gasteiger partial charge on any atom is -0.497 e. The molecule has 0 bridgehead atoms. The normalized spacial score (nSPS) is 11.1. The molecule has 144 valence electrons. The lowest BCUT2D eigenvalue weighted by molar-refractivity contribution is 0.414. The number of aromatic nitrogens is 3. The second-order valence-electron chi connectivity index (χ2n) is 6.67. The van der Waals surface area contributed by atoms with E-state index in [-0.39, 0.29) is 0 Å². The van der Waals surface area contributed by atoms with E-state index >= 15 is 0 Å². The zero-order valence-electron chi connectivity index (χ0n) is 15.9. The zero-order valence-corrected chi connectivity index (χ0v) is 17.5. The van der Waals surface area contributed by atoms with Crippen LogP contribution in [0.1, 0.15) is 12.0 Å². The predicted molar refractivity (Wildman–Crippen MR) is 117 cm³/mol. The summed E-state index contributed by atoms with van der Waals surface area (Å²) in [4.78, 5) is 4.97. The molecule has 2 aromatic rings. The molecule has 0 unspecified atom stereocenters. The van der Waals surface area contributed by atoms with Crippen LogP contribution in [-0.4, -0.2) is 20.6 Å². The van der Waals surface area contributed by atoms with Crippen molar-refractivity contribution in [1.29, 1.82) is 0 Å². The molecule has 0 atom stereocenters. The van der Waals surface area contributed by atoms with Crippen molar-refractivity contribution in [3.8, 4) is 17.3 Å². The maximum atomic E-state index is 6.18. The quantitative estimate of drug-likeness (QED) is 0.405. The number of rotatable bonds is 5. The van der Waals surface area contributed by atoms with Gasteiger partial charge in [0.15, 0.2) is 5.82 Å². The average molecular weight is 412 g/mol. The summed E-state index contributed by atoms with van der Waals surface area (Å²) in [5, 5.41) is 0.730. The standard InChI is InChI=1S/C22H22ClN3OS/c1-25-20-6-4-14-26(13-3-5-16-7-10-18(27-2)11-8-16)22(20)24-19-12-9-17(23)15-21(19)28-25/h4,6-12,14-15H,3,5,13H2,1-2H3. The van der Waals surface area contributed by atoms with Gasteiger partial charge in [0.25, 0.3) is 0 Å². The topological polar surface area (TPSA) is 32.0 Å². The Morgan fingerprint density at radius 1 is 1.11 bits per heavy atom. The Bertz CT molecular complexity index is 1110. The fourth-order valence-electron chi connectivity index (χ4n) is 3.29. The SMILES string of the molecule is COc1ccc(CCCn2cccc3n(C)sc4cc(Cl)ccc4nc2-3)cc1. The first-order chi connectivity index (χ1) is 13.6. The first-order valence-corrected chi connectivity index (χ1v) is 10.4. The summed E-state index contributed by atoms with van der Waals surface area (Å²) in [6.07, 6.45) is 4.15. The maximum Gasteiger partial charge on any atom is 0.158 e. The van der Waals surface area contributed by atoms with Gasteiger partial charge in [0.2, 0.25) is 0 Å². The second kappa shape index (κ2) is 8.25. The Labute approximate surface area is 173 Å². The van der Waals surface area contributed by atoms with E-state index in [4.69, 9.17) is 21.3 Å². The molecule has 0 saturated heterocycles. The summed E-state index contributed by atoms with van der Waals surface area (Å²) >= 11 is 7.83. The number of hydrogen-bond donors (Lipinski definition) is 0. The van der Waals surface area contributed by atoms with E-state index in [0.29, 0.717) is 0 Å². The Morgan fingerprint density at radius 2 is 1.93 bits per heavy atom. The Hall–Kier alpha value is -2.50. The van der Waals surface area contributed by atoms with E-state index in [0.717, 1.165) is 51.9 Å². The van der Waals surface area contributed by atoms with Gasteiger partial charge in [0.05, 0.1) is 23.0 Å². The van der Waals surface area contributed by atoms with Gasteiger partial charge in [0, 0.05) is 24.8 Å². The summed E-state index contributed by atoms with van der Waals surface area (Å²) in [6.45, 7) is 0.903. The van der Waals surface area contributed by atoms with Crippen LogP contribution in [0.4, 0.5) is 0 Å². The van der Waals surface area contributed by atoms with E-state index < -0.39 is 0 Å². The van der Waals surface area contributed by atoms with Crippen molar-refractivity contribution in [2.75, 3.05) is 7.11 Å². The fourth-order valence-corrected chi connectivity index (χ4v) is 4.45. The highest BCUT2D eigenvalue weighted by molar-refractivity contribution is 7.13. The van der Waals surface area contributed by atoms with E-state index in [1.165, 1.54) is 5.56 Å². The molecular weight excluding hydrogens is 390 g/mol. The first-order valence-electron chi connectivity index (χ1n) is 9.22. The van der Waals surface area contributed by atoms with Crippen LogP contribution in [0.5, 0.6) is 5.75 Å². The van der Waals surface area contributed by atoms with E-state index in [9.17, 15) is 0 Å². The lowest BCUT2D eigenvalue weighted by atomic mass is 10.1. The van der Waals surface area contributed by atoms with Gasteiger partial charge in [-0.25, -0.2) is 4.98 Å². The average Bonchev–Trinajstić information content (AvgIpc) is 2.85. The summed E-state index contributed by atoms with van der Waals surface area (Å²) in [6, 6.07) is 18.3. The van der Waals surface area contributed by atoms with Crippen LogP contribution in [0.3, 0.4) is 0 Å². The van der Waals surface area contributed by atoms with E-state index in [1.54, 1.807) is 18.6 Å². The van der Waals surface area contributed by atoms with Gasteiger partial charge in [-0.05, 0) is 60.9 Å². The lowest BCUT2D eigenvalue weighted by Gasteiger charge is -2.14. The molecule has 0 spiro atoms. The first kappa shape index (κ1) is 18.8. The van der Waals surface area contributed by atoms with Crippen molar-refractivity contribution < 1.29 is 4.74 Å². The number of nitrogens with zero attached hydrogens (tertiary/aromatic N) is 3. The molecule has 2 heterocycles. The molecule has 0 saturated carbocycles. The Kier molecular flexibility index (Phi) is 5.55. The third kappa shape index (κ3) is 4.01. The highest BCUT2D eigenvalue weighted by atomic mass is 35.5. The van der Waals surface area contributed by atoms with E-state index in [1.807, 2.05) is 30.3 Å². The van der Waals surface area contributed by atoms with Crippen LogP contribution in [0.25, 0.3) is 21.7 Å². The Morgan fingerprint density at radius 3 is 2.71 bits per heavy atom. The van der Waals surface area contributed by atoms with Gasteiger partial charge in [-0.2, -0.15) is 0 Å². The maximum absolute atomic E-state index is 6.18. The smallest absolute Gasteiger partial charge is 0.158 e. The number of aryl methyl sites for hydroxylation is 3. The van der Waals surface area contributed by atoms with Crippen molar-refractivity contribution in [3.05, 3.63) is 71.4 Å². The largest absolute Gasteiger partial charge is 0.497 e. The molecule has 28 heavy (non-hydrogen) atoms. The Balaban J connectivity index is 1.63. The molecule has 6 heteroatoms. The van der Waals surface area contributed by atoms with Gasteiger partial charge in [-0.1, -0.05) is 35.3 Å². The molecule has 0 aliphatic carbocycles. The molecule has 2 aliphatic heterocycles. The van der Waals surface area contributed by atoms with Gasteiger partial charge < -0.3 is 9.30 Å². The van der Waals surface area contributed by atoms with Crippen molar-refractivity contribution >= 4 is 33.4 Å². The summed E-state index contributed by atoms with van der Waals surface area (Å²) < 4.78 is 10.7. The highest BCUT2D eigenvalue weighted by Crippen LogP contribution is 2.27. The molecule has 2 aliphatic rings. The monoisotopic (exact) mass is 411 g/mol. The van der Waals surface area contributed by atoms with E-state index in [2.05, 4.69) is 46.0 Å². The number of halogens is 1. The van der Waals surface area contributed by atoms with Crippen LogP contribution in [0, 0.1) is 0 Å². The third-order valence-electron chi connectivity index (χ3n) is 4.77. The van der Waals surface area contributed by atoms with Crippen molar-refractivity contribution in [1.82, 2.24) is 13.5 Å². The summed E-state index contributed by atoms with van der Waals surface area (Å²) in [7, 11) is 3.76. The summed E-state index contributed by atoms with van der Waals surface area (Å²) in [5.41, 5.74) is 3.37. The van der Waals surface area contributed by atoms with Gasteiger partial charge in [-0.15, -0.1) is 0 Å². The molecule has 0 radical (unpaired) electrons. The van der Waals surface area contributed by atoms with Crippen molar-refractivity contribution in [2.24, 2.45) is 7.05 Å². The molecule has 4 nitrogen and oxygen atoms in total.